The molecule has 0 aliphatic rings. The van der Waals surface area contributed by atoms with Crippen molar-refractivity contribution in [3.05, 3.63) is 0 Å². The number of primary amides is 1. The zero-order chi connectivity index (χ0) is 27.8. The minimum absolute atomic E-state index is 0.0719. The van der Waals surface area contributed by atoms with Gasteiger partial charge in [-0.2, -0.15) is 0 Å². The third-order valence-electron chi connectivity index (χ3n) is 4.97. The van der Waals surface area contributed by atoms with Gasteiger partial charge in [-0.1, -0.05) is 0 Å². The molecular formula is C20H39N9O7. The molecule has 0 aliphatic heterocycles. The molecule has 0 aliphatic carbocycles. The molecule has 0 heterocycles. The molecule has 0 saturated heterocycles. The molecule has 0 aromatic rings. The molecule has 0 bridgehead atoms. The molecule has 5 atom stereocenters. The van der Waals surface area contributed by atoms with E-state index in [0.29, 0.717) is 25.8 Å². The average Bonchev–Trinajstić information content (AvgIpc) is 2.77. The van der Waals surface area contributed by atoms with Crippen LogP contribution in [-0.2, 0) is 24.0 Å². The summed E-state index contributed by atoms with van der Waals surface area (Å²) in [7, 11) is 0. The topological polar surface area (TPSA) is 304 Å². The van der Waals surface area contributed by atoms with Gasteiger partial charge in [0.05, 0.1) is 18.6 Å². The Bertz CT molecular complexity index is 787. The van der Waals surface area contributed by atoms with Crippen LogP contribution in [0.15, 0.2) is 4.99 Å². The molecule has 16 heteroatoms. The fourth-order valence-electron chi connectivity index (χ4n) is 3.02. The first-order valence-electron chi connectivity index (χ1n) is 11.4. The number of unbranched alkanes of at least 4 members (excludes halogenated alkanes) is 1. The monoisotopic (exact) mass is 517 g/mol. The number of carboxylic acids is 1. The number of aliphatic carboxylic acids is 1. The summed E-state index contributed by atoms with van der Waals surface area (Å²) in [6.45, 7) is 1.73. The van der Waals surface area contributed by atoms with E-state index in [-0.39, 0.29) is 25.3 Å². The first-order valence-corrected chi connectivity index (χ1v) is 11.4. The van der Waals surface area contributed by atoms with Crippen LogP contribution in [0.4, 0.5) is 0 Å². The van der Waals surface area contributed by atoms with Crippen LogP contribution >= 0.6 is 0 Å². The zero-order valence-electron chi connectivity index (χ0n) is 20.3. The van der Waals surface area contributed by atoms with E-state index in [1.165, 1.54) is 6.92 Å². The lowest BCUT2D eigenvalue weighted by Crippen LogP contribution is -2.58. The highest BCUT2D eigenvalue weighted by molar-refractivity contribution is 5.96. The number of rotatable bonds is 18. The van der Waals surface area contributed by atoms with Gasteiger partial charge in [-0.05, 0) is 45.6 Å². The number of hydrogen-bond donors (Lipinski definition) is 10. The van der Waals surface area contributed by atoms with E-state index >= 15 is 0 Å². The van der Waals surface area contributed by atoms with Crippen molar-refractivity contribution < 1.29 is 34.2 Å². The molecule has 36 heavy (non-hydrogen) atoms. The van der Waals surface area contributed by atoms with Crippen LogP contribution in [0.2, 0.25) is 0 Å². The molecule has 0 saturated carbocycles. The van der Waals surface area contributed by atoms with Crippen molar-refractivity contribution in [2.24, 2.45) is 33.7 Å². The molecule has 5 unspecified atom stereocenters. The van der Waals surface area contributed by atoms with Gasteiger partial charge < -0.3 is 54.8 Å². The van der Waals surface area contributed by atoms with Crippen LogP contribution in [0.3, 0.4) is 0 Å². The highest BCUT2D eigenvalue weighted by atomic mass is 16.4. The molecule has 16 nitrogen and oxygen atoms in total. The Morgan fingerprint density at radius 1 is 0.861 bits per heavy atom. The molecule has 206 valence electrons. The van der Waals surface area contributed by atoms with Crippen molar-refractivity contribution in [2.45, 2.75) is 75.7 Å². The number of carboxylic acid groups (broad SMARTS) is 1. The molecule has 0 aromatic heterocycles. The van der Waals surface area contributed by atoms with E-state index in [4.69, 9.17) is 28.7 Å². The summed E-state index contributed by atoms with van der Waals surface area (Å²) < 4.78 is 0. The van der Waals surface area contributed by atoms with Crippen LogP contribution in [-0.4, -0.2) is 89.1 Å². The summed E-state index contributed by atoms with van der Waals surface area (Å²) in [5, 5.41) is 25.7. The van der Waals surface area contributed by atoms with E-state index in [1.807, 2.05) is 0 Å². The highest BCUT2D eigenvalue weighted by Crippen LogP contribution is 2.05. The predicted octanol–water partition coefficient (Wildman–Crippen LogP) is -4.71. The zero-order valence-corrected chi connectivity index (χ0v) is 20.3. The van der Waals surface area contributed by atoms with Crippen LogP contribution in [0.5, 0.6) is 0 Å². The number of carbonyl (C=O) groups excluding carboxylic acids is 4. The summed E-state index contributed by atoms with van der Waals surface area (Å²) in [5.41, 5.74) is 26.9. The molecule has 15 N–H and O–H groups in total. The number of aliphatic imine (C=N–C) groups is 1. The Balaban J connectivity index is 5.43. The first-order chi connectivity index (χ1) is 16.8. The minimum atomic E-state index is -1.62. The lowest BCUT2D eigenvalue weighted by molar-refractivity contribution is -0.145. The second-order valence-electron chi connectivity index (χ2n) is 8.20. The quantitative estimate of drug-likeness (QED) is 0.0467. The molecule has 0 spiro atoms. The number of amides is 4. The standard InChI is InChI=1S/C20H39N9O7/c1-10(30)15(19(35)36)29-17(33)12(6-2-3-7-21)27-18(34)13(9-14(23)31)28-16(32)11(22)5-4-8-26-20(24)25/h10-13,15,30H,2-9,21-22H2,1H3,(H2,23,31)(H,27,34)(H,28,32)(H,29,33)(H,35,36)(H4,24,25,26). The Morgan fingerprint density at radius 2 is 1.44 bits per heavy atom. The largest absolute Gasteiger partial charge is 0.480 e. The van der Waals surface area contributed by atoms with Crippen molar-refractivity contribution in [3.8, 4) is 0 Å². The fraction of sp³-hybridized carbons (Fsp3) is 0.700. The number of nitrogens with two attached hydrogens (primary N) is 5. The number of hydrogen-bond acceptors (Lipinski definition) is 9. The molecule has 4 amide bonds. The van der Waals surface area contributed by atoms with Crippen LogP contribution in [0.1, 0.15) is 45.4 Å². The van der Waals surface area contributed by atoms with E-state index in [2.05, 4.69) is 20.9 Å². The molecule has 0 fully saturated rings. The number of nitrogens with zero attached hydrogens (tertiary/aromatic N) is 1. The second kappa shape index (κ2) is 17.0. The lowest BCUT2D eigenvalue weighted by Gasteiger charge is -2.25. The molecule has 0 radical (unpaired) electrons. The summed E-state index contributed by atoms with van der Waals surface area (Å²) in [5.74, 6) is -5.02. The summed E-state index contributed by atoms with van der Waals surface area (Å²) in [6.07, 6.45) is -0.473. The molecule has 0 rings (SSSR count). The van der Waals surface area contributed by atoms with E-state index in [1.54, 1.807) is 0 Å². The second-order valence-corrected chi connectivity index (χ2v) is 8.20. The summed E-state index contributed by atoms with van der Waals surface area (Å²) >= 11 is 0. The van der Waals surface area contributed by atoms with Crippen molar-refractivity contribution in [1.82, 2.24) is 16.0 Å². The van der Waals surface area contributed by atoms with Gasteiger partial charge in [0, 0.05) is 6.54 Å². The summed E-state index contributed by atoms with van der Waals surface area (Å²) in [6, 6.07) is -5.36. The van der Waals surface area contributed by atoms with Crippen molar-refractivity contribution in [1.29, 1.82) is 0 Å². The number of aliphatic hydroxyl groups excluding tert-OH is 1. The molecule has 0 aromatic carbocycles. The van der Waals surface area contributed by atoms with E-state index in [0.717, 1.165) is 0 Å². The maximum absolute atomic E-state index is 12.9. The first kappa shape index (κ1) is 32.5. The Labute approximate surface area is 208 Å². The Kier molecular flexibility index (Phi) is 15.4. The van der Waals surface area contributed by atoms with Crippen molar-refractivity contribution in [2.75, 3.05) is 13.1 Å². The van der Waals surface area contributed by atoms with Crippen LogP contribution in [0.25, 0.3) is 0 Å². The third-order valence-corrected chi connectivity index (χ3v) is 4.97. The van der Waals surface area contributed by atoms with Crippen LogP contribution in [0, 0.1) is 0 Å². The highest BCUT2D eigenvalue weighted by Gasteiger charge is 2.32. The van der Waals surface area contributed by atoms with Gasteiger partial charge in [0.2, 0.25) is 23.6 Å². The predicted molar refractivity (Wildman–Crippen MR) is 130 cm³/mol. The number of guanidine groups is 1. The van der Waals surface area contributed by atoms with Gasteiger partial charge in [0.15, 0.2) is 12.0 Å². The van der Waals surface area contributed by atoms with Crippen LogP contribution < -0.4 is 44.6 Å². The number of aliphatic hydroxyl groups is 1. The lowest BCUT2D eigenvalue weighted by atomic mass is 10.1. The molecular weight excluding hydrogens is 478 g/mol. The number of carbonyl (C=O) groups is 5. The van der Waals surface area contributed by atoms with Gasteiger partial charge >= 0.3 is 5.97 Å². The third kappa shape index (κ3) is 13.4. The maximum Gasteiger partial charge on any atom is 0.328 e. The van der Waals surface area contributed by atoms with Gasteiger partial charge in [0.1, 0.15) is 12.1 Å². The normalized spacial score (nSPS) is 14.9. The Morgan fingerprint density at radius 3 is 1.94 bits per heavy atom. The van der Waals surface area contributed by atoms with Gasteiger partial charge in [0.25, 0.3) is 0 Å². The van der Waals surface area contributed by atoms with Crippen molar-refractivity contribution >= 4 is 35.6 Å². The van der Waals surface area contributed by atoms with Gasteiger partial charge in [-0.25, -0.2) is 4.79 Å². The minimum Gasteiger partial charge on any atom is -0.480 e. The van der Waals surface area contributed by atoms with Gasteiger partial charge in [-0.3, -0.25) is 24.2 Å². The van der Waals surface area contributed by atoms with E-state index < -0.39 is 66.3 Å². The Hall–Kier alpha value is -3.50. The van der Waals surface area contributed by atoms with Crippen molar-refractivity contribution in [3.63, 3.8) is 0 Å². The number of nitrogens with one attached hydrogen (secondary N) is 3. The smallest absolute Gasteiger partial charge is 0.328 e. The van der Waals surface area contributed by atoms with Gasteiger partial charge in [-0.15, -0.1) is 0 Å². The summed E-state index contributed by atoms with van der Waals surface area (Å²) in [4.78, 5) is 64.6. The van der Waals surface area contributed by atoms with E-state index in [9.17, 15) is 34.2 Å². The SMILES string of the molecule is CC(O)C(NC(=O)C(CCCCN)NC(=O)C(CC(N)=O)NC(=O)C(N)CCCN=C(N)N)C(=O)O. The maximum atomic E-state index is 12.9. The average molecular weight is 518 g/mol. The fourth-order valence-corrected chi connectivity index (χ4v) is 3.02.